The van der Waals surface area contributed by atoms with Gasteiger partial charge in [-0.3, -0.25) is 9.59 Å². The molecular formula is C19H20FN3O3. The van der Waals surface area contributed by atoms with Gasteiger partial charge in [0.05, 0.1) is 30.4 Å². The lowest BCUT2D eigenvalue weighted by atomic mass is 9.92. The van der Waals surface area contributed by atoms with Gasteiger partial charge in [0.15, 0.2) is 0 Å². The molecule has 1 aliphatic heterocycles. The number of halogens is 1. The van der Waals surface area contributed by atoms with E-state index in [2.05, 4.69) is 9.97 Å². The summed E-state index contributed by atoms with van der Waals surface area (Å²) in [5.74, 6) is 0.0182. The van der Waals surface area contributed by atoms with Crippen LogP contribution in [0.1, 0.15) is 36.0 Å². The molecule has 0 unspecified atom stereocenters. The number of ether oxygens (including phenoxy) is 1. The Kier molecular flexibility index (Phi) is 4.11. The summed E-state index contributed by atoms with van der Waals surface area (Å²) in [5, 5.41) is 0. The van der Waals surface area contributed by atoms with E-state index in [1.165, 1.54) is 12.1 Å². The second-order valence-corrected chi connectivity index (χ2v) is 6.91. The van der Waals surface area contributed by atoms with Gasteiger partial charge in [0.25, 0.3) is 5.56 Å². The highest BCUT2D eigenvalue weighted by atomic mass is 19.1. The lowest BCUT2D eigenvalue weighted by Crippen LogP contribution is -2.48. The molecule has 0 bridgehead atoms. The van der Waals surface area contributed by atoms with Crippen molar-refractivity contribution in [1.82, 2.24) is 14.9 Å². The first-order valence-electron chi connectivity index (χ1n) is 8.73. The number of carbonyl (C=O) groups excluding carboxylic acids is 1. The summed E-state index contributed by atoms with van der Waals surface area (Å²) >= 11 is 0. The Hall–Kier alpha value is -2.54. The van der Waals surface area contributed by atoms with Crippen LogP contribution in [0.4, 0.5) is 4.39 Å². The fourth-order valence-corrected chi connectivity index (χ4v) is 3.71. The summed E-state index contributed by atoms with van der Waals surface area (Å²) in [7, 11) is 0. The van der Waals surface area contributed by atoms with Crippen LogP contribution in [-0.2, 0) is 14.9 Å². The number of H-pyrrole nitrogens is 1. The van der Waals surface area contributed by atoms with Gasteiger partial charge in [0.1, 0.15) is 11.6 Å². The Morgan fingerprint density at radius 3 is 2.85 bits per heavy atom. The Balaban J connectivity index is 1.69. The fourth-order valence-electron chi connectivity index (χ4n) is 3.71. The molecule has 1 aromatic heterocycles. The number of hydrogen-bond donors (Lipinski definition) is 1. The Morgan fingerprint density at radius 2 is 2.15 bits per heavy atom. The molecule has 26 heavy (non-hydrogen) atoms. The molecule has 2 fully saturated rings. The summed E-state index contributed by atoms with van der Waals surface area (Å²) < 4.78 is 19.9. The molecule has 1 amide bonds. The van der Waals surface area contributed by atoms with E-state index in [1.54, 1.807) is 30.0 Å². The number of benzene rings is 1. The minimum absolute atomic E-state index is 0.115. The number of nitrogens with zero attached hydrogens (tertiary/aromatic N) is 2. The minimum Gasteiger partial charge on any atom is -0.377 e. The van der Waals surface area contributed by atoms with E-state index in [-0.39, 0.29) is 23.9 Å². The first kappa shape index (κ1) is 16.9. The third kappa shape index (κ3) is 2.82. The normalized spacial score (nSPS) is 21.5. The molecule has 2 aromatic rings. The number of nitrogens with one attached hydrogen (secondary N) is 1. The SMILES string of the molecule is Cc1nc([C@@H]2COCCN2C(=O)C2(c3ccccc3F)CC2)cc(=O)[nH]1. The van der Waals surface area contributed by atoms with E-state index in [1.807, 2.05) is 0 Å². The lowest BCUT2D eigenvalue weighted by molar-refractivity contribution is -0.143. The quantitative estimate of drug-likeness (QED) is 0.910. The van der Waals surface area contributed by atoms with Crippen molar-refractivity contribution in [3.63, 3.8) is 0 Å². The number of rotatable bonds is 3. The predicted molar refractivity (Wildman–Crippen MR) is 92.2 cm³/mol. The molecule has 136 valence electrons. The number of aryl methyl sites for hydroxylation is 1. The van der Waals surface area contributed by atoms with Gasteiger partial charge in [-0.2, -0.15) is 0 Å². The average molecular weight is 357 g/mol. The van der Waals surface area contributed by atoms with E-state index in [4.69, 9.17) is 4.74 Å². The molecule has 0 radical (unpaired) electrons. The maximum atomic E-state index is 14.3. The molecule has 6 nitrogen and oxygen atoms in total. The first-order chi connectivity index (χ1) is 12.5. The topological polar surface area (TPSA) is 75.3 Å². The molecule has 1 atom stereocenters. The van der Waals surface area contributed by atoms with Crippen LogP contribution in [-0.4, -0.2) is 40.5 Å². The lowest BCUT2D eigenvalue weighted by Gasteiger charge is -2.37. The molecular weight excluding hydrogens is 337 g/mol. The summed E-state index contributed by atoms with van der Waals surface area (Å²) in [4.78, 5) is 33.9. The van der Waals surface area contributed by atoms with Crippen LogP contribution in [0, 0.1) is 12.7 Å². The van der Waals surface area contributed by atoms with Crippen molar-refractivity contribution in [2.45, 2.75) is 31.2 Å². The summed E-state index contributed by atoms with van der Waals surface area (Å²) in [6.45, 7) is 2.78. The maximum Gasteiger partial charge on any atom is 0.251 e. The van der Waals surface area contributed by atoms with Crippen molar-refractivity contribution >= 4 is 5.91 Å². The van der Waals surface area contributed by atoms with E-state index in [0.29, 0.717) is 43.1 Å². The zero-order valence-electron chi connectivity index (χ0n) is 14.5. The van der Waals surface area contributed by atoms with Crippen molar-refractivity contribution in [1.29, 1.82) is 0 Å². The third-order valence-corrected chi connectivity index (χ3v) is 5.16. The molecule has 1 N–H and O–H groups in total. The Morgan fingerprint density at radius 1 is 1.38 bits per heavy atom. The highest BCUT2D eigenvalue weighted by Gasteiger charge is 2.55. The largest absolute Gasteiger partial charge is 0.377 e. The van der Waals surface area contributed by atoms with E-state index < -0.39 is 11.5 Å². The summed E-state index contributed by atoms with van der Waals surface area (Å²) in [6, 6.07) is 7.41. The van der Waals surface area contributed by atoms with Crippen molar-refractivity contribution in [2.24, 2.45) is 0 Å². The average Bonchev–Trinajstić information content (AvgIpc) is 3.42. The zero-order valence-corrected chi connectivity index (χ0v) is 14.5. The van der Waals surface area contributed by atoms with Gasteiger partial charge in [-0.15, -0.1) is 0 Å². The molecule has 1 saturated carbocycles. The molecule has 1 aliphatic carbocycles. The van der Waals surface area contributed by atoms with Gasteiger partial charge >= 0.3 is 0 Å². The molecule has 1 aromatic carbocycles. The number of carbonyl (C=O) groups is 1. The van der Waals surface area contributed by atoms with Gasteiger partial charge in [0, 0.05) is 18.2 Å². The standard InChI is InChI=1S/C19H20FN3O3/c1-12-21-15(10-17(24)22-12)16-11-26-9-8-23(16)18(25)19(6-7-19)13-4-2-3-5-14(13)20/h2-5,10,16H,6-9,11H2,1H3,(H,21,22,24)/t16-/m0/s1. The number of aromatic nitrogens is 2. The monoisotopic (exact) mass is 357 g/mol. The predicted octanol–water partition coefficient (Wildman–Crippen LogP) is 1.85. The molecule has 7 heteroatoms. The van der Waals surface area contributed by atoms with Crippen LogP contribution < -0.4 is 5.56 Å². The summed E-state index contributed by atoms with van der Waals surface area (Å²) in [6.07, 6.45) is 1.25. The molecule has 2 aliphatic rings. The number of morpholine rings is 1. The minimum atomic E-state index is -0.808. The number of hydrogen-bond acceptors (Lipinski definition) is 4. The van der Waals surface area contributed by atoms with E-state index in [9.17, 15) is 14.0 Å². The highest BCUT2D eigenvalue weighted by Crippen LogP contribution is 2.51. The highest BCUT2D eigenvalue weighted by molar-refractivity contribution is 5.91. The Labute approximate surface area is 150 Å². The van der Waals surface area contributed by atoms with Crippen LogP contribution in [0.3, 0.4) is 0 Å². The number of aromatic amines is 1. The van der Waals surface area contributed by atoms with Gasteiger partial charge < -0.3 is 14.6 Å². The second kappa shape index (κ2) is 6.32. The molecule has 1 saturated heterocycles. The fraction of sp³-hybridized carbons (Fsp3) is 0.421. The van der Waals surface area contributed by atoms with Gasteiger partial charge in [-0.1, -0.05) is 18.2 Å². The van der Waals surface area contributed by atoms with Crippen LogP contribution >= 0.6 is 0 Å². The van der Waals surface area contributed by atoms with Gasteiger partial charge in [0.2, 0.25) is 5.91 Å². The maximum absolute atomic E-state index is 14.3. The van der Waals surface area contributed by atoms with Gasteiger partial charge in [-0.05, 0) is 25.8 Å². The van der Waals surface area contributed by atoms with Crippen LogP contribution in [0.25, 0.3) is 0 Å². The van der Waals surface area contributed by atoms with Crippen molar-refractivity contribution in [3.8, 4) is 0 Å². The smallest absolute Gasteiger partial charge is 0.251 e. The van der Waals surface area contributed by atoms with Crippen LogP contribution in [0.2, 0.25) is 0 Å². The zero-order chi connectivity index (χ0) is 18.3. The van der Waals surface area contributed by atoms with E-state index in [0.717, 1.165) is 0 Å². The first-order valence-corrected chi connectivity index (χ1v) is 8.73. The van der Waals surface area contributed by atoms with Crippen molar-refractivity contribution in [3.05, 3.63) is 63.6 Å². The molecule has 2 heterocycles. The third-order valence-electron chi connectivity index (χ3n) is 5.16. The Bertz CT molecular complexity index is 907. The van der Waals surface area contributed by atoms with Gasteiger partial charge in [-0.25, -0.2) is 9.37 Å². The van der Waals surface area contributed by atoms with Crippen molar-refractivity contribution in [2.75, 3.05) is 19.8 Å². The van der Waals surface area contributed by atoms with Crippen molar-refractivity contribution < 1.29 is 13.9 Å². The molecule has 4 rings (SSSR count). The summed E-state index contributed by atoms with van der Waals surface area (Å²) in [5.41, 5.74) is -0.119. The van der Waals surface area contributed by atoms with E-state index >= 15 is 0 Å². The molecule has 0 spiro atoms. The number of amides is 1. The van der Waals surface area contributed by atoms with Crippen LogP contribution in [0.5, 0.6) is 0 Å². The van der Waals surface area contributed by atoms with Crippen LogP contribution in [0.15, 0.2) is 35.1 Å². The second-order valence-electron chi connectivity index (χ2n) is 6.91.